The van der Waals surface area contributed by atoms with Crippen LogP contribution in [0.4, 0.5) is 10.5 Å². The van der Waals surface area contributed by atoms with Crippen molar-refractivity contribution in [2.75, 3.05) is 18.1 Å². The summed E-state index contributed by atoms with van der Waals surface area (Å²) in [6, 6.07) is 17.5. The van der Waals surface area contributed by atoms with E-state index in [0.29, 0.717) is 19.8 Å². The van der Waals surface area contributed by atoms with E-state index in [9.17, 15) is 4.79 Å². The van der Waals surface area contributed by atoms with E-state index < -0.39 is 0 Å². The summed E-state index contributed by atoms with van der Waals surface area (Å²) in [5.74, 6) is 0. The molecule has 0 spiro atoms. The van der Waals surface area contributed by atoms with Crippen LogP contribution in [0, 0.1) is 0 Å². The monoisotopic (exact) mass is 310 g/mol. The molecule has 2 aromatic carbocycles. The molecule has 1 aliphatic heterocycles. The maximum absolute atomic E-state index is 11.6. The Balaban J connectivity index is 1.68. The Morgan fingerprint density at radius 1 is 1.22 bits per heavy atom. The fourth-order valence-corrected chi connectivity index (χ4v) is 2.36. The van der Waals surface area contributed by atoms with Crippen molar-refractivity contribution in [3.8, 4) is 0 Å². The lowest BCUT2D eigenvalue weighted by Crippen LogP contribution is -2.23. The third-order valence-corrected chi connectivity index (χ3v) is 3.61. The first-order valence-corrected chi connectivity index (χ1v) is 7.49. The molecule has 0 radical (unpaired) electrons. The van der Waals surface area contributed by atoms with Gasteiger partial charge < -0.3 is 9.57 Å². The second-order valence-corrected chi connectivity index (χ2v) is 5.25. The molecule has 0 saturated carbocycles. The first-order valence-electron chi connectivity index (χ1n) is 7.49. The average molecular weight is 310 g/mol. The molecule has 3 rings (SSSR count). The van der Waals surface area contributed by atoms with E-state index in [2.05, 4.69) is 5.16 Å². The number of carbonyl (C=O) groups is 1. The predicted octanol–water partition coefficient (Wildman–Crippen LogP) is 3.58. The molecule has 1 aliphatic rings. The first kappa shape index (κ1) is 15.1. The maximum Gasteiger partial charge on any atom is 0.414 e. The number of nitrogens with zero attached hydrogens (tertiary/aromatic N) is 2. The molecule has 1 saturated heterocycles. The summed E-state index contributed by atoms with van der Waals surface area (Å²) in [4.78, 5) is 18.7. The Kier molecular flexibility index (Phi) is 4.57. The Morgan fingerprint density at radius 3 is 2.78 bits per heavy atom. The molecule has 0 unspecified atom stereocenters. The minimum absolute atomic E-state index is 0.308. The van der Waals surface area contributed by atoms with Crippen molar-refractivity contribution in [2.45, 2.75) is 13.5 Å². The van der Waals surface area contributed by atoms with Crippen molar-refractivity contribution in [2.24, 2.45) is 5.16 Å². The minimum Gasteiger partial charge on any atom is -0.447 e. The Bertz CT molecular complexity index is 713. The van der Waals surface area contributed by atoms with E-state index in [4.69, 9.17) is 9.57 Å². The van der Waals surface area contributed by atoms with Crippen molar-refractivity contribution in [3.05, 3.63) is 65.7 Å². The largest absolute Gasteiger partial charge is 0.447 e. The molecule has 0 aromatic heterocycles. The van der Waals surface area contributed by atoms with Crippen LogP contribution in [0.25, 0.3) is 0 Å². The molecule has 0 atom stereocenters. The normalized spacial score (nSPS) is 14.7. The van der Waals surface area contributed by atoms with E-state index >= 15 is 0 Å². The molecule has 5 heteroatoms. The van der Waals surface area contributed by atoms with Gasteiger partial charge in [-0.15, -0.1) is 0 Å². The fourth-order valence-electron chi connectivity index (χ4n) is 2.36. The van der Waals surface area contributed by atoms with Gasteiger partial charge in [0.1, 0.15) is 13.2 Å². The molecule has 23 heavy (non-hydrogen) atoms. The van der Waals surface area contributed by atoms with Crippen molar-refractivity contribution < 1.29 is 14.4 Å². The highest BCUT2D eigenvalue weighted by Gasteiger charge is 2.23. The number of carbonyl (C=O) groups excluding carboxylic acids is 1. The van der Waals surface area contributed by atoms with Crippen molar-refractivity contribution in [1.29, 1.82) is 0 Å². The molecule has 5 nitrogen and oxygen atoms in total. The van der Waals surface area contributed by atoms with Crippen LogP contribution in [0.1, 0.15) is 18.1 Å². The molecule has 1 amide bonds. The van der Waals surface area contributed by atoms with Gasteiger partial charge in [0.15, 0.2) is 0 Å². The smallest absolute Gasteiger partial charge is 0.414 e. The lowest BCUT2D eigenvalue weighted by atomic mass is 10.1. The maximum atomic E-state index is 11.6. The topological polar surface area (TPSA) is 51.1 Å². The number of cyclic esters (lactones) is 1. The highest BCUT2D eigenvalue weighted by Crippen LogP contribution is 2.20. The zero-order valence-electron chi connectivity index (χ0n) is 12.9. The third-order valence-electron chi connectivity index (χ3n) is 3.61. The van der Waals surface area contributed by atoms with Gasteiger partial charge in [-0.1, -0.05) is 47.6 Å². The second kappa shape index (κ2) is 6.96. The number of hydrogen-bond acceptors (Lipinski definition) is 4. The average Bonchev–Trinajstić information content (AvgIpc) is 3.02. The number of benzene rings is 2. The lowest BCUT2D eigenvalue weighted by Gasteiger charge is -2.13. The number of hydrogen-bond donors (Lipinski definition) is 0. The quantitative estimate of drug-likeness (QED) is 0.626. The van der Waals surface area contributed by atoms with Gasteiger partial charge in [-0.2, -0.15) is 0 Å². The van der Waals surface area contributed by atoms with Gasteiger partial charge in [-0.25, -0.2) is 4.79 Å². The van der Waals surface area contributed by atoms with E-state index in [1.807, 2.05) is 61.5 Å². The van der Waals surface area contributed by atoms with Gasteiger partial charge in [-0.05, 0) is 24.6 Å². The van der Waals surface area contributed by atoms with Crippen LogP contribution in [0.2, 0.25) is 0 Å². The molecular weight excluding hydrogens is 292 g/mol. The Morgan fingerprint density at radius 2 is 2.04 bits per heavy atom. The SMILES string of the molecule is CC(=NOCc1ccccc1)c1cccc(N2CCOC2=O)c1. The summed E-state index contributed by atoms with van der Waals surface area (Å²) >= 11 is 0. The van der Waals surface area contributed by atoms with Crippen molar-refractivity contribution >= 4 is 17.5 Å². The van der Waals surface area contributed by atoms with Gasteiger partial charge in [-0.3, -0.25) is 4.90 Å². The fraction of sp³-hybridized carbons (Fsp3) is 0.222. The molecular formula is C18H18N2O3. The van der Waals surface area contributed by atoms with E-state index in [0.717, 1.165) is 22.5 Å². The predicted molar refractivity (Wildman–Crippen MR) is 88.6 cm³/mol. The molecule has 0 aliphatic carbocycles. The number of anilines is 1. The number of amides is 1. The summed E-state index contributed by atoms with van der Waals surface area (Å²) < 4.78 is 4.97. The Labute approximate surface area is 135 Å². The number of oxime groups is 1. The molecule has 0 N–H and O–H groups in total. The van der Waals surface area contributed by atoms with E-state index in [1.54, 1.807) is 4.90 Å². The standard InChI is InChI=1S/C18H18N2O3/c1-14(19-23-13-15-6-3-2-4-7-15)16-8-5-9-17(12-16)20-10-11-22-18(20)21/h2-9,12H,10-11,13H2,1H3. The minimum atomic E-state index is -0.308. The molecule has 1 heterocycles. The van der Waals surface area contributed by atoms with Gasteiger partial charge in [0.2, 0.25) is 0 Å². The van der Waals surface area contributed by atoms with Crippen LogP contribution >= 0.6 is 0 Å². The van der Waals surface area contributed by atoms with Gasteiger partial charge in [0.05, 0.1) is 12.3 Å². The summed E-state index contributed by atoms with van der Waals surface area (Å²) in [6.45, 7) is 3.31. The lowest BCUT2D eigenvalue weighted by molar-refractivity contribution is 0.130. The second-order valence-electron chi connectivity index (χ2n) is 5.25. The molecule has 2 aromatic rings. The molecule has 0 bridgehead atoms. The summed E-state index contributed by atoms with van der Waals surface area (Å²) in [7, 11) is 0. The Hall–Kier alpha value is -2.82. The van der Waals surface area contributed by atoms with Crippen LogP contribution in [-0.2, 0) is 16.2 Å². The van der Waals surface area contributed by atoms with Crippen LogP contribution in [0.15, 0.2) is 59.8 Å². The third kappa shape index (κ3) is 3.69. The van der Waals surface area contributed by atoms with Crippen LogP contribution in [0.5, 0.6) is 0 Å². The molecule has 118 valence electrons. The highest BCUT2D eigenvalue weighted by atomic mass is 16.6. The van der Waals surface area contributed by atoms with Gasteiger partial charge in [0.25, 0.3) is 0 Å². The van der Waals surface area contributed by atoms with Crippen molar-refractivity contribution in [1.82, 2.24) is 0 Å². The summed E-state index contributed by atoms with van der Waals surface area (Å²) in [5.41, 5.74) is 3.55. The summed E-state index contributed by atoms with van der Waals surface area (Å²) in [6.07, 6.45) is -0.308. The van der Waals surface area contributed by atoms with E-state index in [-0.39, 0.29) is 6.09 Å². The van der Waals surface area contributed by atoms with Gasteiger partial charge in [0, 0.05) is 11.3 Å². The molecule has 1 fully saturated rings. The number of ether oxygens (including phenoxy) is 1. The summed E-state index contributed by atoms with van der Waals surface area (Å²) in [5, 5.41) is 4.16. The van der Waals surface area contributed by atoms with Crippen LogP contribution in [-0.4, -0.2) is 25.0 Å². The van der Waals surface area contributed by atoms with Crippen LogP contribution in [0.3, 0.4) is 0 Å². The first-order chi connectivity index (χ1) is 11.2. The zero-order chi connectivity index (χ0) is 16.1. The van der Waals surface area contributed by atoms with E-state index in [1.165, 1.54) is 0 Å². The zero-order valence-corrected chi connectivity index (χ0v) is 12.9. The van der Waals surface area contributed by atoms with Crippen molar-refractivity contribution in [3.63, 3.8) is 0 Å². The highest BCUT2D eigenvalue weighted by molar-refractivity contribution is 6.00. The van der Waals surface area contributed by atoms with Crippen LogP contribution < -0.4 is 4.90 Å². The van der Waals surface area contributed by atoms with Gasteiger partial charge >= 0.3 is 6.09 Å². The number of rotatable bonds is 5.